The minimum atomic E-state index is -0.972. The summed E-state index contributed by atoms with van der Waals surface area (Å²) >= 11 is 3.28. The molecule has 0 aliphatic rings. The fourth-order valence-corrected chi connectivity index (χ4v) is 2.57. The van der Waals surface area contributed by atoms with Crippen molar-refractivity contribution in [1.82, 2.24) is 0 Å². The van der Waals surface area contributed by atoms with Gasteiger partial charge in [0.2, 0.25) is 6.54 Å². The lowest BCUT2D eigenvalue weighted by molar-refractivity contribution is -0.484. The molecule has 6 heteroatoms. The summed E-state index contributed by atoms with van der Waals surface area (Å²) in [5, 5.41) is 10.8. The fraction of sp³-hybridized carbons (Fsp3) is 0.385. The minimum absolute atomic E-state index is 0.348. The number of hydrogen-bond donors (Lipinski definition) is 0. The van der Waals surface area contributed by atoms with Crippen LogP contribution >= 0.6 is 15.9 Å². The highest BCUT2D eigenvalue weighted by atomic mass is 79.9. The van der Waals surface area contributed by atoms with Crippen molar-refractivity contribution in [1.29, 1.82) is 0 Å². The maximum atomic E-state index is 11.6. The first-order valence-electron chi connectivity index (χ1n) is 5.71. The fourth-order valence-electron chi connectivity index (χ4n) is 2.15. The van der Waals surface area contributed by atoms with E-state index in [4.69, 9.17) is 0 Å². The molecule has 0 radical (unpaired) electrons. The highest BCUT2D eigenvalue weighted by molar-refractivity contribution is 9.10. The van der Waals surface area contributed by atoms with Crippen LogP contribution in [-0.2, 0) is 9.59 Å². The monoisotopic (exact) mass is 327 g/mol. The van der Waals surface area contributed by atoms with Crippen molar-refractivity contribution < 1.29 is 14.5 Å². The second kappa shape index (κ2) is 6.56. The van der Waals surface area contributed by atoms with E-state index >= 15 is 0 Å². The lowest BCUT2D eigenvalue weighted by atomic mass is 9.81. The van der Waals surface area contributed by atoms with Gasteiger partial charge in [-0.2, -0.15) is 0 Å². The molecule has 0 amide bonds. The molecule has 0 heterocycles. The van der Waals surface area contributed by atoms with Gasteiger partial charge in [0.1, 0.15) is 11.6 Å². The Kier molecular flexibility index (Phi) is 5.35. The van der Waals surface area contributed by atoms with Crippen molar-refractivity contribution in [2.24, 2.45) is 5.92 Å². The number of nitrogens with zero attached hydrogens (tertiary/aromatic N) is 1. The van der Waals surface area contributed by atoms with Crippen LogP contribution in [0.25, 0.3) is 0 Å². The van der Waals surface area contributed by atoms with E-state index in [1.165, 1.54) is 13.8 Å². The van der Waals surface area contributed by atoms with Crippen LogP contribution in [0.2, 0.25) is 0 Å². The van der Waals surface area contributed by atoms with Gasteiger partial charge in [-0.3, -0.25) is 19.7 Å². The summed E-state index contributed by atoms with van der Waals surface area (Å²) in [6.07, 6.45) is 0. The molecule has 1 aromatic rings. The number of Topliss-reactive ketones (excluding diaryl/α,β-unsaturated/α-hetero) is 2. The third-order valence-corrected chi connectivity index (χ3v) is 3.39. The Balaban J connectivity index is 3.23. The zero-order valence-electron chi connectivity index (χ0n) is 10.6. The Morgan fingerprint density at radius 3 is 2.32 bits per heavy atom. The van der Waals surface area contributed by atoms with Crippen LogP contribution in [0.3, 0.4) is 0 Å². The second-order valence-electron chi connectivity index (χ2n) is 4.38. The molecule has 1 aromatic carbocycles. The molecular weight excluding hydrogens is 314 g/mol. The maximum absolute atomic E-state index is 11.6. The summed E-state index contributed by atoms with van der Waals surface area (Å²) in [6, 6.07) is 6.90. The molecule has 0 saturated carbocycles. The smallest absolute Gasteiger partial charge is 0.211 e. The normalized spacial score (nSPS) is 12.2. The number of rotatable bonds is 6. The zero-order chi connectivity index (χ0) is 14.6. The summed E-state index contributed by atoms with van der Waals surface area (Å²) in [6.45, 7) is 2.13. The van der Waals surface area contributed by atoms with Gasteiger partial charge in [-0.05, 0) is 31.5 Å². The van der Waals surface area contributed by atoms with Gasteiger partial charge < -0.3 is 0 Å². The van der Waals surface area contributed by atoms with Crippen molar-refractivity contribution in [2.45, 2.75) is 19.8 Å². The molecule has 0 aliphatic heterocycles. The van der Waals surface area contributed by atoms with Gasteiger partial charge in [-0.25, -0.2) is 0 Å². The molecule has 0 aliphatic carbocycles. The summed E-state index contributed by atoms with van der Waals surface area (Å²) in [5.41, 5.74) is 0.612. The molecule has 0 bridgehead atoms. The first-order chi connectivity index (χ1) is 8.82. The third-order valence-electron chi connectivity index (χ3n) is 2.90. The summed E-state index contributed by atoms with van der Waals surface area (Å²) < 4.78 is 0.754. The van der Waals surface area contributed by atoms with Gasteiger partial charge in [0.15, 0.2) is 0 Å². The van der Waals surface area contributed by atoms with Crippen molar-refractivity contribution in [3.63, 3.8) is 0 Å². The Hall–Kier alpha value is -1.56. The Bertz CT molecular complexity index is 501. The predicted octanol–water partition coefficient (Wildman–Crippen LogP) is 2.60. The average Bonchev–Trinajstić information content (AvgIpc) is 2.26. The van der Waals surface area contributed by atoms with Crippen LogP contribution < -0.4 is 0 Å². The molecule has 0 N–H and O–H groups in total. The number of carbonyl (C=O) groups excluding carboxylic acids is 2. The van der Waals surface area contributed by atoms with Gasteiger partial charge >= 0.3 is 0 Å². The van der Waals surface area contributed by atoms with Crippen LogP contribution in [0.15, 0.2) is 28.7 Å². The number of nitro groups is 1. The van der Waals surface area contributed by atoms with Crippen molar-refractivity contribution in [3.05, 3.63) is 44.4 Å². The highest BCUT2D eigenvalue weighted by Crippen LogP contribution is 2.28. The average molecular weight is 328 g/mol. The van der Waals surface area contributed by atoms with E-state index in [-0.39, 0.29) is 11.6 Å². The lowest BCUT2D eigenvalue weighted by Crippen LogP contribution is -2.31. The molecule has 102 valence electrons. The molecule has 0 saturated heterocycles. The number of benzene rings is 1. The van der Waals surface area contributed by atoms with Gasteiger partial charge in [-0.15, -0.1) is 0 Å². The highest BCUT2D eigenvalue weighted by Gasteiger charge is 2.34. The second-order valence-corrected chi connectivity index (χ2v) is 5.29. The third kappa shape index (κ3) is 4.24. The van der Waals surface area contributed by atoms with E-state index in [0.717, 1.165) is 4.47 Å². The van der Waals surface area contributed by atoms with Gasteiger partial charge in [0, 0.05) is 9.40 Å². The van der Waals surface area contributed by atoms with E-state index < -0.39 is 23.3 Å². The van der Waals surface area contributed by atoms with Gasteiger partial charge in [-0.1, -0.05) is 28.1 Å². The molecule has 19 heavy (non-hydrogen) atoms. The lowest BCUT2D eigenvalue weighted by Gasteiger charge is -2.20. The summed E-state index contributed by atoms with van der Waals surface area (Å²) in [4.78, 5) is 33.5. The first-order valence-corrected chi connectivity index (χ1v) is 6.50. The number of halogens is 1. The first kappa shape index (κ1) is 15.5. The Labute approximate surface area is 119 Å². The number of carbonyl (C=O) groups is 2. The van der Waals surface area contributed by atoms with E-state index in [2.05, 4.69) is 15.9 Å². The number of ketones is 2. The topological polar surface area (TPSA) is 77.3 Å². The van der Waals surface area contributed by atoms with E-state index in [1.807, 2.05) is 0 Å². The quantitative estimate of drug-likeness (QED) is 0.457. The molecule has 0 fully saturated rings. The van der Waals surface area contributed by atoms with Crippen LogP contribution in [0.5, 0.6) is 0 Å². The Morgan fingerprint density at radius 2 is 1.89 bits per heavy atom. The van der Waals surface area contributed by atoms with Crippen LogP contribution in [0.4, 0.5) is 0 Å². The largest absolute Gasteiger partial charge is 0.299 e. The summed E-state index contributed by atoms with van der Waals surface area (Å²) in [7, 11) is 0. The molecule has 0 aromatic heterocycles. The Morgan fingerprint density at radius 1 is 1.32 bits per heavy atom. The van der Waals surface area contributed by atoms with Crippen LogP contribution in [-0.4, -0.2) is 23.0 Å². The zero-order valence-corrected chi connectivity index (χ0v) is 12.2. The molecule has 1 unspecified atom stereocenters. The van der Waals surface area contributed by atoms with Gasteiger partial charge in [0.05, 0.1) is 11.8 Å². The SMILES string of the molecule is CC(=O)C(C(C)=O)C(C[N+](=O)[O-])c1cccc(Br)c1. The predicted molar refractivity (Wildman–Crippen MR) is 73.6 cm³/mol. The molecule has 1 rings (SSSR count). The van der Waals surface area contributed by atoms with Crippen LogP contribution in [0.1, 0.15) is 25.3 Å². The van der Waals surface area contributed by atoms with E-state index in [1.54, 1.807) is 24.3 Å². The van der Waals surface area contributed by atoms with Crippen LogP contribution in [0, 0.1) is 16.0 Å². The molecule has 0 spiro atoms. The van der Waals surface area contributed by atoms with Crippen molar-refractivity contribution >= 4 is 27.5 Å². The molecule has 1 atom stereocenters. The van der Waals surface area contributed by atoms with Gasteiger partial charge in [0.25, 0.3) is 0 Å². The summed E-state index contributed by atoms with van der Waals surface area (Å²) in [5.74, 6) is -2.40. The van der Waals surface area contributed by atoms with Crippen molar-refractivity contribution in [3.8, 4) is 0 Å². The standard InChI is InChI=1S/C13H14BrNO4/c1-8(16)13(9(2)17)12(7-15(18)19)10-4-3-5-11(14)6-10/h3-6,12-13H,7H2,1-2H3. The van der Waals surface area contributed by atoms with E-state index in [9.17, 15) is 19.7 Å². The minimum Gasteiger partial charge on any atom is -0.299 e. The molecular formula is C13H14BrNO4. The molecule has 5 nitrogen and oxygen atoms in total. The maximum Gasteiger partial charge on any atom is 0.211 e. The number of hydrogen-bond acceptors (Lipinski definition) is 4. The van der Waals surface area contributed by atoms with Crippen molar-refractivity contribution in [2.75, 3.05) is 6.54 Å². The van der Waals surface area contributed by atoms with E-state index in [0.29, 0.717) is 5.56 Å².